The molecule has 1 atom stereocenters. The third kappa shape index (κ3) is 6.19. The van der Waals surface area contributed by atoms with Crippen LogP contribution in [0.5, 0.6) is 11.5 Å². The van der Waals surface area contributed by atoms with Gasteiger partial charge in [-0.3, -0.25) is 4.79 Å². The van der Waals surface area contributed by atoms with Gasteiger partial charge < -0.3 is 19.4 Å². The van der Waals surface area contributed by atoms with Crippen LogP contribution in [0, 0.1) is 0 Å². The standard InChI is InChI=1S/C12H17NO4.CH4O/c1-4-11(14)12(13-16-3)17-10-7-5-6-9(8-10)15-2;1-2/h5-8,12-13H,4H2,1-3H3;2H,1H3. The molecular weight excluding hydrogens is 250 g/mol. The number of hydrogen-bond acceptors (Lipinski definition) is 6. The molecule has 19 heavy (non-hydrogen) atoms. The van der Waals surface area contributed by atoms with Gasteiger partial charge in [-0.15, -0.1) is 0 Å². The lowest BCUT2D eigenvalue weighted by atomic mass is 10.3. The Morgan fingerprint density at radius 2 is 1.95 bits per heavy atom. The van der Waals surface area contributed by atoms with Crippen LogP contribution in [-0.4, -0.2) is 38.4 Å². The number of ketones is 1. The zero-order valence-electron chi connectivity index (χ0n) is 11.7. The van der Waals surface area contributed by atoms with Crippen LogP contribution < -0.4 is 15.0 Å². The minimum atomic E-state index is -0.808. The monoisotopic (exact) mass is 271 g/mol. The number of aliphatic hydroxyl groups excluding tert-OH is 1. The lowest BCUT2D eigenvalue weighted by Gasteiger charge is -2.17. The van der Waals surface area contributed by atoms with Gasteiger partial charge in [-0.25, -0.2) is 0 Å². The van der Waals surface area contributed by atoms with Gasteiger partial charge in [0.05, 0.1) is 14.2 Å². The zero-order chi connectivity index (χ0) is 14.7. The summed E-state index contributed by atoms with van der Waals surface area (Å²) in [6, 6.07) is 7.03. The second-order valence-electron chi connectivity index (χ2n) is 3.32. The lowest BCUT2D eigenvalue weighted by Crippen LogP contribution is -2.40. The normalized spacial score (nSPS) is 11.0. The molecule has 0 radical (unpaired) electrons. The zero-order valence-corrected chi connectivity index (χ0v) is 11.7. The van der Waals surface area contributed by atoms with Gasteiger partial charge in [0.2, 0.25) is 6.23 Å². The number of hydroxylamine groups is 1. The number of methoxy groups -OCH3 is 1. The summed E-state index contributed by atoms with van der Waals surface area (Å²) in [6.07, 6.45) is -0.442. The van der Waals surface area contributed by atoms with Gasteiger partial charge in [0.25, 0.3) is 0 Å². The highest BCUT2D eigenvalue weighted by atomic mass is 16.7. The molecule has 0 spiro atoms. The van der Waals surface area contributed by atoms with E-state index in [1.54, 1.807) is 38.3 Å². The molecule has 0 aromatic heterocycles. The molecule has 0 amide bonds. The average molecular weight is 271 g/mol. The van der Waals surface area contributed by atoms with Gasteiger partial charge in [-0.1, -0.05) is 13.0 Å². The maximum atomic E-state index is 11.6. The molecule has 1 rings (SSSR count). The van der Waals surface area contributed by atoms with E-state index in [9.17, 15) is 4.79 Å². The predicted molar refractivity (Wildman–Crippen MR) is 71.0 cm³/mol. The van der Waals surface area contributed by atoms with E-state index in [2.05, 4.69) is 5.48 Å². The molecule has 0 aliphatic heterocycles. The third-order valence-corrected chi connectivity index (χ3v) is 2.16. The number of nitrogens with one attached hydrogen (secondary N) is 1. The van der Waals surface area contributed by atoms with E-state index in [0.717, 1.165) is 7.11 Å². The molecule has 0 heterocycles. The van der Waals surface area contributed by atoms with Gasteiger partial charge in [0, 0.05) is 19.6 Å². The highest BCUT2D eigenvalue weighted by Crippen LogP contribution is 2.19. The molecule has 1 aromatic carbocycles. The summed E-state index contributed by atoms with van der Waals surface area (Å²) >= 11 is 0. The van der Waals surface area contributed by atoms with Crippen molar-refractivity contribution >= 4 is 5.78 Å². The van der Waals surface area contributed by atoms with Crippen molar-refractivity contribution in [3.8, 4) is 11.5 Å². The second-order valence-corrected chi connectivity index (χ2v) is 3.32. The van der Waals surface area contributed by atoms with Crippen molar-refractivity contribution in [1.82, 2.24) is 5.48 Å². The van der Waals surface area contributed by atoms with Crippen molar-refractivity contribution < 1.29 is 24.2 Å². The Morgan fingerprint density at radius 3 is 2.47 bits per heavy atom. The fourth-order valence-corrected chi connectivity index (χ4v) is 1.26. The quantitative estimate of drug-likeness (QED) is 0.572. The fraction of sp³-hybridized carbons (Fsp3) is 0.462. The van der Waals surface area contributed by atoms with Gasteiger partial charge in [0.15, 0.2) is 5.78 Å². The summed E-state index contributed by atoms with van der Waals surface area (Å²) in [5, 5.41) is 7.00. The number of carbonyl (C=O) groups is 1. The third-order valence-electron chi connectivity index (χ3n) is 2.16. The highest BCUT2D eigenvalue weighted by molar-refractivity contribution is 5.82. The Kier molecular flexibility index (Phi) is 9.42. The fourth-order valence-electron chi connectivity index (χ4n) is 1.26. The second kappa shape index (κ2) is 10.3. The molecule has 0 saturated carbocycles. The summed E-state index contributed by atoms with van der Waals surface area (Å²) < 4.78 is 10.6. The Hall–Kier alpha value is -1.63. The first-order valence-corrected chi connectivity index (χ1v) is 5.78. The number of Topliss-reactive ketones (excluding diaryl/α,β-unsaturated/α-hetero) is 1. The van der Waals surface area contributed by atoms with Crippen LogP contribution in [0.1, 0.15) is 13.3 Å². The first-order valence-electron chi connectivity index (χ1n) is 5.78. The van der Waals surface area contributed by atoms with E-state index in [1.165, 1.54) is 7.11 Å². The molecule has 6 nitrogen and oxygen atoms in total. The van der Waals surface area contributed by atoms with Gasteiger partial charge in [-0.2, -0.15) is 5.48 Å². The van der Waals surface area contributed by atoms with Crippen LogP contribution in [0.25, 0.3) is 0 Å². The first-order chi connectivity index (χ1) is 9.21. The number of benzene rings is 1. The van der Waals surface area contributed by atoms with Crippen molar-refractivity contribution in [2.75, 3.05) is 21.3 Å². The van der Waals surface area contributed by atoms with Crippen molar-refractivity contribution in [3.63, 3.8) is 0 Å². The maximum absolute atomic E-state index is 11.6. The Balaban J connectivity index is 0.00000154. The molecule has 2 N–H and O–H groups in total. The molecule has 0 aliphatic rings. The Labute approximate surface area is 113 Å². The number of ether oxygens (including phenoxy) is 2. The molecule has 0 bridgehead atoms. The van der Waals surface area contributed by atoms with Gasteiger partial charge >= 0.3 is 0 Å². The van der Waals surface area contributed by atoms with E-state index < -0.39 is 6.23 Å². The smallest absolute Gasteiger partial charge is 0.230 e. The van der Waals surface area contributed by atoms with Crippen molar-refractivity contribution in [2.45, 2.75) is 19.6 Å². The molecule has 1 unspecified atom stereocenters. The van der Waals surface area contributed by atoms with Crippen molar-refractivity contribution in [1.29, 1.82) is 0 Å². The highest BCUT2D eigenvalue weighted by Gasteiger charge is 2.18. The van der Waals surface area contributed by atoms with Crippen molar-refractivity contribution in [3.05, 3.63) is 24.3 Å². The van der Waals surface area contributed by atoms with Crippen LogP contribution in [0.4, 0.5) is 0 Å². The van der Waals surface area contributed by atoms with Gasteiger partial charge in [0.1, 0.15) is 11.5 Å². The molecule has 0 fully saturated rings. The summed E-state index contributed by atoms with van der Waals surface area (Å²) in [4.78, 5) is 16.3. The molecule has 108 valence electrons. The van der Waals surface area contributed by atoms with E-state index in [1.807, 2.05) is 0 Å². The molecular formula is C13H21NO5. The Bertz CT molecular complexity index is 370. The van der Waals surface area contributed by atoms with E-state index >= 15 is 0 Å². The van der Waals surface area contributed by atoms with Crippen molar-refractivity contribution in [2.24, 2.45) is 0 Å². The topological polar surface area (TPSA) is 77.0 Å². The molecule has 0 saturated heterocycles. The lowest BCUT2D eigenvalue weighted by molar-refractivity contribution is -0.134. The molecule has 1 aromatic rings. The molecule has 6 heteroatoms. The van der Waals surface area contributed by atoms with Crippen LogP contribution in [0.3, 0.4) is 0 Å². The minimum absolute atomic E-state index is 0.0883. The van der Waals surface area contributed by atoms with Crippen LogP contribution in [-0.2, 0) is 9.63 Å². The Morgan fingerprint density at radius 1 is 1.32 bits per heavy atom. The van der Waals surface area contributed by atoms with Crippen LogP contribution >= 0.6 is 0 Å². The van der Waals surface area contributed by atoms with Crippen LogP contribution in [0.2, 0.25) is 0 Å². The summed E-state index contributed by atoms with van der Waals surface area (Å²) in [6.45, 7) is 1.77. The maximum Gasteiger partial charge on any atom is 0.230 e. The SMILES string of the molecule is CCC(=O)C(NOC)Oc1cccc(OC)c1.CO. The summed E-state index contributed by atoms with van der Waals surface area (Å²) in [5.41, 5.74) is 2.51. The summed E-state index contributed by atoms with van der Waals surface area (Å²) in [7, 11) is 4.01. The molecule has 0 aliphatic carbocycles. The predicted octanol–water partition coefficient (Wildman–Crippen LogP) is 1.14. The van der Waals surface area contributed by atoms with E-state index in [4.69, 9.17) is 19.4 Å². The minimum Gasteiger partial charge on any atom is -0.497 e. The number of hydrogen-bond donors (Lipinski definition) is 2. The van der Waals surface area contributed by atoms with E-state index in [-0.39, 0.29) is 5.78 Å². The number of aliphatic hydroxyl groups is 1. The number of rotatable bonds is 7. The van der Waals surface area contributed by atoms with Crippen LogP contribution in [0.15, 0.2) is 24.3 Å². The largest absolute Gasteiger partial charge is 0.497 e. The average Bonchev–Trinajstić information content (AvgIpc) is 2.48. The van der Waals surface area contributed by atoms with E-state index in [0.29, 0.717) is 17.9 Å². The first kappa shape index (κ1) is 17.4. The number of carbonyl (C=O) groups excluding carboxylic acids is 1. The summed E-state index contributed by atoms with van der Waals surface area (Å²) in [5.74, 6) is 1.12. The van der Waals surface area contributed by atoms with Gasteiger partial charge in [-0.05, 0) is 12.1 Å².